The van der Waals surface area contributed by atoms with Crippen LogP contribution < -0.4 is 15.4 Å². The van der Waals surface area contributed by atoms with Crippen LogP contribution in [0.25, 0.3) is 0 Å². The summed E-state index contributed by atoms with van der Waals surface area (Å²) in [5, 5.41) is 8.82. The Balaban J connectivity index is 1.75. The maximum atomic E-state index is 12.3. The summed E-state index contributed by atoms with van der Waals surface area (Å²) in [5.41, 5.74) is 0.861. The molecule has 2 rings (SSSR count). The third-order valence-corrected chi connectivity index (χ3v) is 5.49. The molecule has 0 aliphatic carbocycles. The summed E-state index contributed by atoms with van der Waals surface area (Å²) in [4.78, 5) is 34.6. The van der Waals surface area contributed by atoms with E-state index in [0.717, 1.165) is 0 Å². The van der Waals surface area contributed by atoms with Gasteiger partial charge in [-0.15, -0.1) is 0 Å². The Morgan fingerprint density at radius 2 is 1.75 bits per heavy atom. The Bertz CT molecular complexity index is 1070. The molecule has 3 N–H and O–H groups in total. The van der Waals surface area contributed by atoms with Crippen LogP contribution >= 0.6 is 0 Å². The number of hydrogen-bond donors (Lipinski definition) is 3. The number of benzene rings is 1. The minimum absolute atomic E-state index is 0.0268. The molecule has 32 heavy (non-hydrogen) atoms. The molecule has 2 aromatic rings. The van der Waals surface area contributed by atoms with E-state index in [9.17, 15) is 22.8 Å². The number of rotatable bonds is 9. The quantitative estimate of drug-likeness (QED) is 0.472. The molecule has 0 spiro atoms. The molecular weight excluding hydrogens is 440 g/mol. The predicted molar refractivity (Wildman–Crippen MR) is 115 cm³/mol. The molecule has 1 aromatic carbocycles. The van der Waals surface area contributed by atoms with Crippen molar-refractivity contribution in [3.8, 4) is 0 Å². The highest BCUT2D eigenvalue weighted by atomic mass is 32.2. The number of carbonyl (C=O) groups excluding carboxylic acids is 3. The molecule has 0 saturated heterocycles. The normalized spacial score (nSPS) is 11.6. The van der Waals surface area contributed by atoms with Crippen LogP contribution in [0.2, 0.25) is 0 Å². The molecule has 0 aliphatic rings. The molecule has 0 aliphatic heterocycles. The fourth-order valence-electron chi connectivity index (χ4n) is 2.37. The van der Waals surface area contributed by atoms with Crippen molar-refractivity contribution in [3.63, 3.8) is 0 Å². The highest BCUT2D eigenvalue weighted by Gasteiger charge is 2.20. The highest BCUT2D eigenvalue weighted by molar-refractivity contribution is 7.89. The maximum absolute atomic E-state index is 12.3. The number of carbonyl (C=O) groups is 3. The molecule has 2 amide bonds. The van der Waals surface area contributed by atoms with Gasteiger partial charge in [-0.2, -0.15) is 0 Å². The average Bonchev–Trinajstić information content (AvgIpc) is 3.15. The second-order valence-corrected chi connectivity index (χ2v) is 9.66. The molecule has 12 heteroatoms. The van der Waals surface area contributed by atoms with E-state index in [-0.39, 0.29) is 35.1 Å². The minimum atomic E-state index is -3.85. The second-order valence-electron chi connectivity index (χ2n) is 7.89. The lowest BCUT2D eigenvalue weighted by atomic mass is 9.92. The van der Waals surface area contributed by atoms with Gasteiger partial charge >= 0.3 is 5.97 Å². The van der Waals surface area contributed by atoms with Crippen LogP contribution in [0.1, 0.15) is 39.8 Å². The Hall–Kier alpha value is -3.25. The van der Waals surface area contributed by atoms with Crippen LogP contribution in [0.3, 0.4) is 0 Å². The van der Waals surface area contributed by atoms with E-state index in [0.29, 0.717) is 11.4 Å². The van der Waals surface area contributed by atoms with E-state index >= 15 is 0 Å². The van der Waals surface area contributed by atoms with Crippen LogP contribution in [0, 0.1) is 0 Å². The van der Waals surface area contributed by atoms with Gasteiger partial charge < -0.3 is 14.6 Å². The number of nitrogens with zero attached hydrogens (tertiary/aromatic N) is 1. The predicted octanol–water partition coefficient (Wildman–Crippen LogP) is 1.78. The van der Waals surface area contributed by atoms with Gasteiger partial charge in [0.05, 0.1) is 17.0 Å². The summed E-state index contributed by atoms with van der Waals surface area (Å²) in [6.07, 6.45) is -0.271. The number of ether oxygens (including phenoxy) is 1. The van der Waals surface area contributed by atoms with E-state index in [1.165, 1.54) is 31.2 Å². The van der Waals surface area contributed by atoms with Gasteiger partial charge in [-0.05, 0) is 24.3 Å². The lowest BCUT2D eigenvalue weighted by Gasteiger charge is -2.12. The van der Waals surface area contributed by atoms with Gasteiger partial charge in [-0.1, -0.05) is 25.9 Å². The van der Waals surface area contributed by atoms with Gasteiger partial charge in [0.15, 0.2) is 6.61 Å². The Kier molecular flexibility index (Phi) is 8.11. The number of nitrogens with one attached hydrogen (secondary N) is 3. The third-order valence-electron chi connectivity index (χ3n) is 4.01. The lowest BCUT2D eigenvalue weighted by molar-refractivity contribution is -0.147. The molecule has 0 fully saturated rings. The van der Waals surface area contributed by atoms with Crippen LogP contribution in [0.4, 0.5) is 11.6 Å². The zero-order valence-electron chi connectivity index (χ0n) is 18.2. The zero-order chi connectivity index (χ0) is 23.9. The molecule has 1 heterocycles. The molecule has 0 radical (unpaired) electrons. The van der Waals surface area contributed by atoms with E-state index in [4.69, 9.17) is 9.26 Å². The number of esters is 1. The van der Waals surface area contributed by atoms with Crippen molar-refractivity contribution in [2.75, 3.05) is 23.8 Å². The third kappa shape index (κ3) is 7.78. The van der Waals surface area contributed by atoms with Crippen molar-refractivity contribution in [1.82, 2.24) is 9.88 Å². The molecule has 1 aromatic heterocycles. The topological polar surface area (TPSA) is 157 Å². The fourth-order valence-corrected chi connectivity index (χ4v) is 3.40. The van der Waals surface area contributed by atoms with Gasteiger partial charge in [0.1, 0.15) is 0 Å². The first kappa shape index (κ1) is 25.0. The molecule has 0 unspecified atom stereocenters. The van der Waals surface area contributed by atoms with Gasteiger partial charge in [0.2, 0.25) is 21.8 Å². The first-order valence-corrected chi connectivity index (χ1v) is 11.1. The van der Waals surface area contributed by atoms with Crippen LogP contribution in [-0.2, 0) is 34.6 Å². The van der Waals surface area contributed by atoms with Crippen molar-refractivity contribution in [1.29, 1.82) is 0 Å². The number of hydrogen-bond acceptors (Lipinski definition) is 8. The van der Waals surface area contributed by atoms with E-state index < -0.39 is 28.5 Å². The van der Waals surface area contributed by atoms with E-state index in [1.807, 2.05) is 20.8 Å². The van der Waals surface area contributed by atoms with E-state index in [1.54, 1.807) is 6.07 Å². The molecule has 174 valence electrons. The SMILES string of the molecule is CC(=O)Nc1ccc(S(=O)(=O)NCCC(=O)OCC(=O)Nc2cc(C(C)(C)C)no2)cc1. The number of aromatic nitrogens is 1. The average molecular weight is 467 g/mol. The van der Waals surface area contributed by atoms with Crippen LogP contribution in [0.5, 0.6) is 0 Å². The molecule has 11 nitrogen and oxygen atoms in total. The molecule has 0 bridgehead atoms. The van der Waals surface area contributed by atoms with E-state index in [2.05, 4.69) is 20.5 Å². The van der Waals surface area contributed by atoms with Crippen LogP contribution in [0.15, 0.2) is 39.8 Å². The number of amides is 2. The zero-order valence-corrected chi connectivity index (χ0v) is 19.0. The van der Waals surface area contributed by atoms with Crippen molar-refractivity contribution in [2.24, 2.45) is 0 Å². The van der Waals surface area contributed by atoms with Gasteiger partial charge in [-0.3, -0.25) is 19.7 Å². The monoisotopic (exact) mass is 466 g/mol. The second kappa shape index (κ2) is 10.4. The number of anilines is 2. The summed E-state index contributed by atoms with van der Waals surface area (Å²) >= 11 is 0. The summed E-state index contributed by atoms with van der Waals surface area (Å²) in [6.45, 7) is 6.38. The lowest BCUT2D eigenvalue weighted by Crippen LogP contribution is -2.28. The summed E-state index contributed by atoms with van der Waals surface area (Å²) in [5.74, 6) is -1.51. The van der Waals surface area contributed by atoms with Gasteiger partial charge in [-0.25, -0.2) is 13.1 Å². The van der Waals surface area contributed by atoms with Crippen LogP contribution in [-0.4, -0.2) is 44.5 Å². The highest BCUT2D eigenvalue weighted by Crippen LogP contribution is 2.23. The van der Waals surface area contributed by atoms with Gasteiger partial charge in [0.25, 0.3) is 5.91 Å². The first-order chi connectivity index (χ1) is 14.9. The van der Waals surface area contributed by atoms with Crippen molar-refractivity contribution < 1.29 is 32.1 Å². The molecule has 0 saturated carbocycles. The maximum Gasteiger partial charge on any atom is 0.307 e. The minimum Gasteiger partial charge on any atom is -0.456 e. The first-order valence-electron chi connectivity index (χ1n) is 9.67. The largest absolute Gasteiger partial charge is 0.456 e. The van der Waals surface area contributed by atoms with Crippen molar-refractivity contribution >= 4 is 39.4 Å². The Labute approximate surface area is 185 Å². The number of sulfonamides is 1. The fraction of sp³-hybridized carbons (Fsp3) is 0.400. The summed E-state index contributed by atoms with van der Waals surface area (Å²) < 4.78 is 36.6. The summed E-state index contributed by atoms with van der Waals surface area (Å²) in [6, 6.07) is 7.12. The van der Waals surface area contributed by atoms with Crippen molar-refractivity contribution in [2.45, 2.75) is 44.4 Å². The molecular formula is C20H26N4O7S. The smallest absolute Gasteiger partial charge is 0.307 e. The Morgan fingerprint density at radius 1 is 1.09 bits per heavy atom. The van der Waals surface area contributed by atoms with Crippen molar-refractivity contribution in [3.05, 3.63) is 36.0 Å². The Morgan fingerprint density at radius 3 is 2.31 bits per heavy atom. The molecule has 0 atom stereocenters. The summed E-state index contributed by atoms with van der Waals surface area (Å²) in [7, 11) is -3.85. The standard InChI is InChI=1S/C20H26N4O7S/c1-13(25)22-14-5-7-15(8-6-14)32(28,29)21-10-9-19(27)30-12-17(26)23-18-11-16(24-31-18)20(2,3)4/h5-8,11,21H,9-10,12H2,1-4H3,(H,22,25)(H,23,26). The van der Waals surface area contributed by atoms with Gasteiger partial charge in [0, 0.05) is 30.6 Å².